The highest BCUT2D eigenvalue weighted by Gasteiger charge is 2.28. The molecule has 7 nitrogen and oxygen atoms in total. The average molecular weight is 401 g/mol. The van der Waals surface area contributed by atoms with Crippen LogP contribution in [0.2, 0.25) is 0 Å². The first-order valence-electron chi connectivity index (χ1n) is 8.53. The number of rotatable bonds is 5. The number of hydrogen-bond acceptors (Lipinski definition) is 7. The van der Waals surface area contributed by atoms with Crippen molar-refractivity contribution < 1.29 is 23.1 Å². The van der Waals surface area contributed by atoms with Crippen LogP contribution in [0.4, 0.5) is 10.1 Å². The standard InChI is InChI=1S/C19H16FN3O4S/c1-11(17(24)21-13-8-6-12(20)7-9-13)28-19-23-22-18(27-19)16-10-25-14-4-2-3-5-15(14)26-16/h2-9,11,16H,10H2,1H3,(H,21,24)/t11-,16-/m1/s1. The minimum Gasteiger partial charge on any atom is -0.485 e. The number of aromatic nitrogens is 2. The second kappa shape index (κ2) is 7.89. The monoisotopic (exact) mass is 401 g/mol. The number of hydrogen-bond donors (Lipinski definition) is 1. The number of nitrogens with zero attached hydrogens (tertiary/aromatic N) is 2. The molecule has 2 heterocycles. The number of anilines is 1. The first-order chi connectivity index (χ1) is 13.6. The van der Waals surface area contributed by atoms with E-state index < -0.39 is 11.4 Å². The fourth-order valence-electron chi connectivity index (χ4n) is 2.52. The fourth-order valence-corrected chi connectivity index (χ4v) is 3.21. The van der Waals surface area contributed by atoms with Crippen LogP contribution in [0.25, 0.3) is 0 Å². The lowest BCUT2D eigenvalue weighted by molar-refractivity contribution is -0.115. The van der Waals surface area contributed by atoms with Gasteiger partial charge in [-0.05, 0) is 43.3 Å². The molecule has 0 bridgehead atoms. The van der Waals surface area contributed by atoms with Crippen molar-refractivity contribution in [1.29, 1.82) is 0 Å². The number of carbonyl (C=O) groups excluding carboxylic acids is 1. The quantitative estimate of drug-likeness (QED) is 0.650. The summed E-state index contributed by atoms with van der Waals surface area (Å²) < 4.78 is 30.1. The molecular weight excluding hydrogens is 385 g/mol. The van der Waals surface area contributed by atoms with Gasteiger partial charge in [-0.3, -0.25) is 4.79 Å². The molecule has 28 heavy (non-hydrogen) atoms. The van der Waals surface area contributed by atoms with Crippen LogP contribution in [-0.4, -0.2) is 28.0 Å². The molecule has 0 aliphatic carbocycles. The Morgan fingerprint density at radius 1 is 1.18 bits per heavy atom. The summed E-state index contributed by atoms with van der Waals surface area (Å²) in [5.41, 5.74) is 0.511. The molecule has 1 N–H and O–H groups in total. The first-order valence-corrected chi connectivity index (χ1v) is 9.41. The molecule has 0 spiro atoms. The lowest BCUT2D eigenvalue weighted by Gasteiger charge is -2.23. The Labute approximate surface area is 164 Å². The number of fused-ring (bicyclic) bond motifs is 1. The highest BCUT2D eigenvalue weighted by molar-refractivity contribution is 8.00. The van der Waals surface area contributed by atoms with Crippen LogP contribution in [0.5, 0.6) is 11.5 Å². The highest BCUT2D eigenvalue weighted by Crippen LogP contribution is 2.36. The van der Waals surface area contributed by atoms with Gasteiger partial charge < -0.3 is 19.2 Å². The van der Waals surface area contributed by atoms with E-state index in [4.69, 9.17) is 13.9 Å². The molecule has 3 aromatic rings. The van der Waals surface area contributed by atoms with Gasteiger partial charge in [-0.2, -0.15) is 0 Å². The molecule has 1 aliphatic heterocycles. The molecule has 0 saturated heterocycles. The van der Waals surface area contributed by atoms with E-state index in [1.807, 2.05) is 18.2 Å². The topological polar surface area (TPSA) is 86.5 Å². The van der Waals surface area contributed by atoms with Gasteiger partial charge >= 0.3 is 0 Å². The third-order valence-electron chi connectivity index (χ3n) is 3.96. The zero-order valence-electron chi connectivity index (χ0n) is 14.8. The van der Waals surface area contributed by atoms with Crippen molar-refractivity contribution >= 4 is 23.4 Å². The van der Waals surface area contributed by atoms with Gasteiger partial charge in [0, 0.05) is 5.69 Å². The van der Waals surface area contributed by atoms with Crippen molar-refractivity contribution in [2.75, 3.05) is 11.9 Å². The fraction of sp³-hybridized carbons (Fsp3) is 0.211. The molecule has 1 aromatic heterocycles. The number of nitrogens with one attached hydrogen (secondary N) is 1. The van der Waals surface area contributed by atoms with E-state index in [0.29, 0.717) is 17.2 Å². The van der Waals surface area contributed by atoms with Crippen LogP contribution in [0, 0.1) is 5.82 Å². The van der Waals surface area contributed by atoms with Gasteiger partial charge in [-0.15, -0.1) is 10.2 Å². The molecule has 0 fully saturated rings. The molecule has 1 aliphatic rings. The Morgan fingerprint density at radius 2 is 1.93 bits per heavy atom. The van der Waals surface area contributed by atoms with Crippen LogP contribution >= 0.6 is 11.8 Å². The number of carbonyl (C=O) groups is 1. The normalized spacial score (nSPS) is 16.4. The number of amides is 1. The van der Waals surface area contributed by atoms with E-state index in [1.54, 1.807) is 13.0 Å². The average Bonchev–Trinajstić information content (AvgIpc) is 3.17. The van der Waals surface area contributed by atoms with E-state index in [-0.39, 0.29) is 29.4 Å². The summed E-state index contributed by atoms with van der Waals surface area (Å²) in [5, 5.41) is 10.4. The lowest BCUT2D eigenvalue weighted by atomic mass is 10.2. The number of benzene rings is 2. The summed E-state index contributed by atoms with van der Waals surface area (Å²) >= 11 is 1.12. The molecule has 0 saturated carbocycles. The van der Waals surface area contributed by atoms with Crippen molar-refractivity contribution in [3.63, 3.8) is 0 Å². The van der Waals surface area contributed by atoms with E-state index in [9.17, 15) is 9.18 Å². The Morgan fingerprint density at radius 3 is 2.71 bits per heavy atom. The van der Waals surface area contributed by atoms with Gasteiger partial charge in [0.1, 0.15) is 12.4 Å². The van der Waals surface area contributed by atoms with Crippen molar-refractivity contribution in [3.05, 3.63) is 60.2 Å². The van der Waals surface area contributed by atoms with E-state index >= 15 is 0 Å². The summed E-state index contributed by atoms with van der Waals surface area (Å²) in [7, 11) is 0. The number of halogens is 1. The van der Waals surface area contributed by atoms with Gasteiger partial charge in [0.25, 0.3) is 11.1 Å². The summed E-state index contributed by atoms with van der Waals surface area (Å²) in [6.45, 7) is 1.97. The molecule has 1 amide bonds. The second-order valence-corrected chi connectivity index (χ2v) is 7.32. The summed E-state index contributed by atoms with van der Waals surface area (Å²) in [6.07, 6.45) is -0.514. The van der Waals surface area contributed by atoms with Crippen LogP contribution in [0.3, 0.4) is 0 Å². The number of ether oxygens (including phenoxy) is 2. The predicted octanol–water partition coefficient (Wildman–Crippen LogP) is 3.84. The van der Waals surface area contributed by atoms with Crippen molar-refractivity contribution in [1.82, 2.24) is 10.2 Å². The Hall–Kier alpha value is -3.07. The summed E-state index contributed by atoms with van der Waals surface area (Å²) in [6, 6.07) is 12.9. The third-order valence-corrected chi connectivity index (χ3v) is 4.90. The van der Waals surface area contributed by atoms with Gasteiger partial charge in [0.05, 0.1) is 5.25 Å². The zero-order valence-corrected chi connectivity index (χ0v) is 15.6. The smallest absolute Gasteiger partial charge is 0.277 e. The molecule has 0 unspecified atom stereocenters. The highest BCUT2D eigenvalue weighted by atomic mass is 32.2. The van der Waals surface area contributed by atoms with Crippen LogP contribution in [0.15, 0.2) is 58.2 Å². The van der Waals surface area contributed by atoms with Gasteiger partial charge in [-0.25, -0.2) is 4.39 Å². The number of para-hydroxylation sites is 2. The van der Waals surface area contributed by atoms with Gasteiger partial charge in [-0.1, -0.05) is 23.9 Å². The molecule has 2 aromatic carbocycles. The predicted molar refractivity (Wildman–Crippen MR) is 100.0 cm³/mol. The zero-order chi connectivity index (χ0) is 19.5. The van der Waals surface area contributed by atoms with Crippen LogP contribution in [-0.2, 0) is 4.79 Å². The molecule has 2 atom stereocenters. The van der Waals surface area contributed by atoms with Gasteiger partial charge in [0.15, 0.2) is 11.5 Å². The molecule has 144 valence electrons. The SMILES string of the molecule is C[C@@H](Sc1nnc([C@H]2COc3ccccc3O2)o1)C(=O)Nc1ccc(F)cc1. The Balaban J connectivity index is 1.36. The van der Waals surface area contributed by atoms with E-state index in [0.717, 1.165) is 11.8 Å². The largest absolute Gasteiger partial charge is 0.485 e. The van der Waals surface area contributed by atoms with Crippen molar-refractivity contribution in [3.8, 4) is 11.5 Å². The van der Waals surface area contributed by atoms with Gasteiger partial charge in [0.2, 0.25) is 12.0 Å². The molecule has 0 radical (unpaired) electrons. The maximum Gasteiger partial charge on any atom is 0.277 e. The van der Waals surface area contributed by atoms with Crippen LogP contribution in [0.1, 0.15) is 18.9 Å². The maximum absolute atomic E-state index is 12.9. The molecule has 4 rings (SSSR count). The Kier molecular flexibility index (Phi) is 5.16. The Bertz CT molecular complexity index is 979. The van der Waals surface area contributed by atoms with Crippen LogP contribution < -0.4 is 14.8 Å². The molecular formula is C19H16FN3O4S. The van der Waals surface area contributed by atoms with E-state index in [2.05, 4.69) is 15.5 Å². The minimum absolute atomic E-state index is 0.249. The third kappa shape index (κ3) is 4.09. The van der Waals surface area contributed by atoms with Crippen molar-refractivity contribution in [2.24, 2.45) is 0 Å². The van der Waals surface area contributed by atoms with E-state index in [1.165, 1.54) is 24.3 Å². The first kappa shape index (κ1) is 18.3. The summed E-state index contributed by atoms with van der Waals surface area (Å²) in [5.74, 6) is 0.929. The number of thioether (sulfide) groups is 1. The minimum atomic E-state index is -0.514. The second-order valence-electron chi connectivity index (χ2n) is 6.03. The summed E-state index contributed by atoms with van der Waals surface area (Å²) in [4.78, 5) is 12.3. The maximum atomic E-state index is 12.9. The lowest BCUT2D eigenvalue weighted by Crippen LogP contribution is -2.22. The molecule has 9 heteroatoms. The van der Waals surface area contributed by atoms with Crippen molar-refractivity contribution in [2.45, 2.75) is 23.5 Å².